The van der Waals surface area contributed by atoms with E-state index in [4.69, 9.17) is 10.00 Å². The van der Waals surface area contributed by atoms with Crippen molar-refractivity contribution in [1.82, 2.24) is 4.98 Å². The van der Waals surface area contributed by atoms with Crippen LogP contribution in [0.25, 0.3) is 10.9 Å². The first-order valence-corrected chi connectivity index (χ1v) is 5.93. The summed E-state index contributed by atoms with van der Waals surface area (Å²) < 4.78 is 46.7. The van der Waals surface area contributed by atoms with Gasteiger partial charge in [-0.2, -0.15) is 9.65 Å². The van der Waals surface area contributed by atoms with Crippen molar-refractivity contribution < 1.29 is 17.9 Å². The average molecular weight is 288 g/mol. The number of nitrogens with zero attached hydrogens (tertiary/aromatic N) is 1. The lowest BCUT2D eigenvalue weighted by Crippen LogP contribution is -1.96. The molecule has 1 N–H and O–H groups in total. The second-order valence-electron chi connectivity index (χ2n) is 4.28. The van der Waals surface area contributed by atoms with Crippen LogP contribution in [0, 0.1) is 28.8 Å². The molecule has 0 amide bonds. The number of aromatic amines is 1. The third-order valence-corrected chi connectivity index (χ3v) is 3.00. The van der Waals surface area contributed by atoms with Crippen molar-refractivity contribution in [3.8, 4) is 17.6 Å². The van der Waals surface area contributed by atoms with Crippen LogP contribution in [0.4, 0.5) is 13.2 Å². The van der Waals surface area contributed by atoms with Gasteiger partial charge in [0.25, 0.3) is 0 Å². The molecule has 2 aromatic carbocycles. The van der Waals surface area contributed by atoms with Gasteiger partial charge in [-0.15, -0.1) is 0 Å². The topological polar surface area (TPSA) is 48.8 Å². The zero-order valence-corrected chi connectivity index (χ0v) is 10.5. The Morgan fingerprint density at radius 2 is 1.81 bits per heavy atom. The van der Waals surface area contributed by atoms with Gasteiger partial charge in [-0.25, -0.2) is 8.78 Å². The highest BCUT2D eigenvalue weighted by Crippen LogP contribution is 2.32. The number of H-pyrrole nitrogens is 1. The molecule has 0 fully saturated rings. The summed E-state index contributed by atoms with van der Waals surface area (Å²) in [6, 6.07) is 8.31. The van der Waals surface area contributed by atoms with Crippen molar-refractivity contribution in [2.75, 3.05) is 0 Å². The lowest BCUT2D eigenvalue weighted by Gasteiger charge is -2.09. The van der Waals surface area contributed by atoms with Crippen LogP contribution in [0.2, 0.25) is 0 Å². The molecule has 0 atom stereocenters. The lowest BCUT2D eigenvalue weighted by molar-refractivity contribution is 0.399. The molecular weight excluding hydrogens is 281 g/mol. The van der Waals surface area contributed by atoms with Gasteiger partial charge in [-0.1, -0.05) is 6.07 Å². The highest BCUT2D eigenvalue weighted by atomic mass is 19.2. The highest BCUT2D eigenvalue weighted by Gasteiger charge is 2.18. The molecule has 6 heteroatoms. The van der Waals surface area contributed by atoms with E-state index >= 15 is 0 Å². The Morgan fingerprint density at radius 3 is 2.57 bits per heavy atom. The Kier molecular flexibility index (Phi) is 3.03. The minimum absolute atomic E-state index is 0.00565. The molecule has 1 heterocycles. The summed E-state index contributed by atoms with van der Waals surface area (Å²) in [6.45, 7) is 0. The Morgan fingerprint density at radius 1 is 1.00 bits per heavy atom. The van der Waals surface area contributed by atoms with Crippen LogP contribution in [0.15, 0.2) is 36.5 Å². The monoisotopic (exact) mass is 288 g/mol. The number of aromatic nitrogens is 1. The zero-order valence-electron chi connectivity index (χ0n) is 10.5. The number of hydrogen-bond acceptors (Lipinski definition) is 2. The normalized spacial score (nSPS) is 10.6. The fourth-order valence-corrected chi connectivity index (χ4v) is 1.98. The van der Waals surface area contributed by atoms with Gasteiger partial charge in [0.1, 0.15) is 6.07 Å². The van der Waals surface area contributed by atoms with Crippen molar-refractivity contribution in [2.24, 2.45) is 0 Å². The van der Waals surface area contributed by atoms with Gasteiger partial charge in [-0.05, 0) is 24.3 Å². The molecule has 104 valence electrons. The van der Waals surface area contributed by atoms with E-state index < -0.39 is 23.2 Å². The molecule has 3 rings (SSSR count). The third kappa shape index (κ3) is 2.09. The van der Waals surface area contributed by atoms with Gasteiger partial charge in [0.15, 0.2) is 23.1 Å². The maximum Gasteiger partial charge on any atom is 0.203 e. The molecule has 3 nitrogen and oxygen atoms in total. The molecule has 3 aromatic rings. The average Bonchev–Trinajstić information content (AvgIpc) is 2.95. The number of benzene rings is 2. The fourth-order valence-electron chi connectivity index (χ4n) is 1.98. The second-order valence-corrected chi connectivity index (χ2v) is 4.28. The van der Waals surface area contributed by atoms with E-state index in [9.17, 15) is 13.2 Å². The van der Waals surface area contributed by atoms with Gasteiger partial charge >= 0.3 is 0 Å². The molecule has 0 radical (unpaired) electrons. The van der Waals surface area contributed by atoms with E-state index in [1.807, 2.05) is 0 Å². The Bertz CT molecular complexity index is 880. The van der Waals surface area contributed by atoms with Gasteiger partial charge in [0.05, 0.1) is 11.1 Å². The number of rotatable bonds is 2. The molecular formula is C15H7F3N2O. The van der Waals surface area contributed by atoms with Gasteiger partial charge < -0.3 is 9.72 Å². The highest BCUT2D eigenvalue weighted by molar-refractivity contribution is 5.81. The van der Waals surface area contributed by atoms with Gasteiger partial charge in [0.2, 0.25) is 5.82 Å². The molecule has 0 aliphatic rings. The zero-order chi connectivity index (χ0) is 15.0. The largest absolute Gasteiger partial charge is 0.451 e. The van der Waals surface area contributed by atoms with Crippen molar-refractivity contribution >= 4 is 10.9 Å². The molecule has 0 saturated heterocycles. The van der Waals surface area contributed by atoms with E-state index in [0.29, 0.717) is 5.39 Å². The van der Waals surface area contributed by atoms with Crippen molar-refractivity contribution in [2.45, 2.75) is 0 Å². The number of hydrogen-bond donors (Lipinski definition) is 1. The Labute approximate surface area is 117 Å². The number of nitriles is 1. The first kappa shape index (κ1) is 13.1. The van der Waals surface area contributed by atoms with Crippen LogP contribution in [0.3, 0.4) is 0 Å². The van der Waals surface area contributed by atoms with Crippen LogP contribution < -0.4 is 4.74 Å². The molecule has 0 spiro atoms. The standard InChI is InChI=1S/C15H7F3N2O/c16-12-9(7-19)2-1-3-10(12)21-11-6-8-4-5-20-15(8)14(18)13(11)17/h1-6,20H. The summed E-state index contributed by atoms with van der Waals surface area (Å²) in [5.74, 6) is -4.05. The van der Waals surface area contributed by atoms with Crippen LogP contribution >= 0.6 is 0 Å². The van der Waals surface area contributed by atoms with Crippen molar-refractivity contribution in [3.63, 3.8) is 0 Å². The minimum Gasteiger partial charge on any atom is -0.451 e. The minimum atomic E-state index is -1.23. The van der Waals surface area contributed by atoms with Gasteiger partial charge in [-0.3, -0.25) is 0 Å². The summed E-state index contributed by atoms with van der Waals surface area (Å²) >= 11 is 0. The van der Waals surface area contributed by atoms with Gasteiger partial charge in [0, 0.05) is 11.6 Å². The number of ether oxygens (including phenoxy) is 1. The number of halogens is 3. The lowest BCUT2D eigenvalue weighted by atomic mass is 10.2. The smallest absolute Gasteiger partial charge is 0.203 e. The fraction of sp³-hybridized carbons (Fsp3) is 0. The maximum absolute atomic E-state index is 13.9. The summed E-state index contributed by atoms with van der Waals surface area (Å²) in [5.41, 5.74) is -0.234. The molecule has 1 aromatic heterocycles. The van der Waals surface area contributed by atoms with Crippen LogP contribution in [0.1, 0.15) is 5.56 Å². The molecule has 21 heavy (non-hydrogen) atoms. The van der Waals surface area contributed by atoms with E-state index in [0.717, 1.165) is 0 Å². The van der Waals surface area contributed by atoms with Crippen LogP contribution in [-0.2, 0) is 0 Å². The quantitative estimate of drug-likeness (QED) is 0.766. The summed E-state index contributed by atoms with van der Waals surface area (Å²) in [4.78, 5) is 2.56. The number of nitrogens with one attached hydrogen (secondary N) is 1. The van der Waals surface area contributed by atoms with E-state index in [1.54, 1.807) is 6.07 Å². The second kappa shape index (κ2) is 4.87. The van der Waals surface area contributed by atoms with Crippen LogP contribution in [-0.4, -0.2) is 4.98 Å². The van der Waals surface area contributed by atoms with E-state index in [1.165, 1.54) is 36.5 Å². The molecule has 0 aliphatic heterocycles. The predicted octanol–water partition coefficient (Wildman–Crippen LogP) is 4.25. The number of fused-ring (bicyclic) bond motifs is 1. The Balaban J connectivity index is 2.10. The molecule has 0 aliphatic carbocycles. The molecule has 0 saturated carbocycles. The summed E-state index contributed by atoms with van der Waals surface area (Å²) in [6.07, 6.45) is 1.45. The summed E-state index contributed by atoms with van der Waals surface area (Å²) in [7, 11) is 0. The predicted molar refractivity (Wildman–Crippen MR) is 69.4 cm³/mol. The summed E-state index contributed by atoms with van der Waals surface area (Å²) in [5, 5.41) is 9.13. The maximum atomic E-state index is 13.9. The van der Waals surface area contributed by atoms with E-state index in [2.05, 4.69) is 4.98 Å². The molecule has 0 bridgehead atoms. The van der Waals surface area contributed by atoms with Crippen molar-refractivity contribution in [1.29, 1.82) is 5.26 Å². The van der Waals surface area contributed by atoms with Crippen LogP contribution in [0.5, 0.6) is 11.5 Å². The molecule has 0 unspecified atom stereocenters. The Hall–Kier alpha value is -2.94. The SMILES string of the molecule is N#Cc1cccc(Oc2cc3cc[nH]c3c(F)c2F)c1F. The third-order valence-electron chi connectivity index (χ3n) is 3.00. The van der Waals surface area contributed by atoms with Crippen molar-refractivity contribution in [3.05, 3.63) is 59.5 Å². The first-order valence-electron chi connectivity index (χ1n) is 5.93. The van der Waals surface area contributed by atoms with E-state index in [-0.39, 0.29) is 16.8 Å². The first-order chi connectivity index (χ1) is 10.1.